The molecule has 0 spiro atoms. The lowest BCUT2D eigenvalue weighted by atomic mass is 9.99. The molecular weight excluding hydrogens is 244 g/mol. The van der Waals surface area contributed by atoms with E-state index in [2.05, 4.69) is 62.3 Å². The van der Waals surface area contributed by atoms with Crippen LogP contribution >= 0.6 is 0 Å². The highest BCUT2D eigenvalue weighted by Gasteiger charge is 2.06. The first-order valence-corrected chi connectivity index (χ1v) is 10.7. The van der Waals surface area contributed by atoms with Crippen molar-refractivity contribution in [1.82, 2.24) is 0 Å². The quantitative estimate of drug-likeness (QED) is 0.364. The van der Waals surface area contributed by atoms with Crippen molar-refractivity contribution in [3.05, 3.63) is 47.6 Å². The Morgan fingerprint density at radius 1 is 1.26 bits per heavy atom. The van der Waals surface area contributed by atoms with Gasteiger partial charge in [-0.25, -0.2) is 0 Å². The summed E-state index contributed by atoms with van der Waals surface area (Å²) < 4.78 is 0. The van der Waals surface area contributed by atoms with E-state index in [1.165, 1.54) is 36.8 Å². The number of hydrogen-bond donors (Lipinski definition) is 0. The molecule has 0 fully saturated rings. The molecule has 1 heteroatoms. The van der Waals surface area contributed by atoms with Crippen molar-refractivity contribution in [3.63, 3.8) is 0 Å². The third-order valence-electron chi connectivity index (χ3n) is 2.87. The van der Waals surface area contributed by atoms with Gasteiger partial charge in [0.2, 0.25) is 0 Å². The predicted octanol–water partition coefficient (Wildman–Crippen LogP) is 5.43. The molecule has 0 aromatic rings. The van der Waals surface area contributed by atoms with Crippen LogP contribution in [-0.2, 0) is 0 Å². The fraction of sp³-hybridized carbons (Fsp3) is 0.444. The number of allylic oxidation sites excluding steroid dienone is 8. The second-order valence-corrected chi connectivity index (χ2v) is 10.9. The molecule has 0 heterocycles. The summed E-state index contributed by atoms with van der Waals surface area (Å²) in [5, 5.41) is 0. The van der Waals surface area contributed by atoms with Crippen LogP contribution in [0.5, 0.6) is 0 Å². The maximum absolute atomic E-state index is 3.32. The molecule has 0 aromatic heterocycles. The highest BCUT2D eigenvalue weighted by molar-refractivity contribution is 6.83. The Balaban J connectivity index is 2.48. The second-order valence-electron chi connectivity index (χ2n) is 6.15. The molecule has 0 saturated heterocycles. The van der Waals surface area contributed by atoms with E-state index in [1.807, 2.05) is 12.2 Å². The van der Waals surface area contributed by atoms with Gasteiger partial charge in [0.15, 0.2) is 0 Å². The zero-order chi connectivity index (χ0) is 14.1. The van der Waals surface area contributed by atoms with Crippen LogP contribution in [0.25, 0.3) is 0 Å². The minimum Gasteiger partial charge on any atom is -0.127 e. The molecular formula is C18H26Si. The summed E-state index contributed by atoms with van der Waals surface area (Å²) in [6.45, 7) is 8.91. The fourth-order valence-corrected chi connectivity index (χ4v) is 2.33. The van der Waals surface area contributed by atoms with Crippen molar-refractivity contribution in [2.45, 2.75) is 52.2 Å². The maximum atomic E-state index is 3.32. The Kier molecular flexibility index (Phi) is 6.66. The Hall–Kier alpha value is -1.26. The Bertz CT molecular complexity index is 456. The third-order valence-corrected chi connectivity index (χ3v) is 3.77. The van der Waals surface area contributed by atoms with Gasteiger partial charge in [0.05, 0.1) is 0 Å². The SMILES string of the molecule is CC(=C/C=C/C#C[Si](C)(C)C)/C=C/C1=CCCCC1. The van der Waals surface area contributed by atoms with E-state index in [4.69, 9.17) is 0 Å². The van der Waals surface area contributed by atoms with E-state index >= 15 is 0 Å². The minimum absolute atomic E-state index is 1.23. The Morgan fingerprint density at radius 2 is 2.05 bits per heavy atom. The van der Waals surface area contributed by atoms with Crippen molar-refractivity contribution in [3.8, 4) is 11.5 Å². The number of hydrogen-bond acceptors (Lipinski definition) is 0. The first-order chi connectivity index (χ1) is 8.97. The van der Waals surface area contributed by atoms with Crippen LogP contribution in [0.2, 0.25) is 19.6 Å². The van der Waals surface area contributed by atoms with Gasteiger partial charge in [-0.1, -0.05) is 67.1 Å². The van der Waals surface area contributed by atoms with Crippen LogP contribution in [0.4, 0.5) is 0 Å². The third kappa shape index (κ3) is 8.45. The molecule has 1 rings (SSSR count). The summed E-state index contributed by atoms with van der Waals surface area (Å²) in [4.78, 5) is 0. The first kappa shape index (κ1) is 15.8. The van der Waals surface area contributed by atoms with Gasteiger partial charge < -0.3 is 0 Å². The van der Waals surface area contributed by atoms with Crippen LogP contribution in [0.3, 0.4) is 0 Å². The molecule has 1 aliphatic carbocycles. The molecule has 1 aliphatic rings. The molecule has 0 bridgehead atoms. The molecule has 102 valence electrons. The van der Waals surface area contributed by atoms with E-state index in [0.717, 1.165) is 0 Å². The zero-order valence-electron chi connectivity index (χ0n) is 12.8. The molecule has 0 aromatic carbocycles. The van der Waals surface area contributed by atoms with E-state index in [-0.39, 0.29) is 0 Å². The molecule has 0 unspecified atom stereocenters. The summed E-state index contributed by atoms with van der Waals surface area (Å²) in [6, 6.07) is 0. The lowest BCUT2D eigenvalue weighted by Crippen LogP contribution is -2.16. The van der Waals surface area contributed by atoms with Crippen LogP contribution in [0, 0.1) is 11.5 Å². The lowest BCUT2D eigenvalue weighted by molar-refractivity contribution is 0.712. The zero-order valence-corrected chi connectivity index (χ0v) is 13.8. The molecule has 0 aliphatic heterocycles. The highest BCUT2D eigenvalue weighted by atomic mass is 28.3. The monoisotopic (exact) mass is 270 g/mol. The van der Waals surface area contributed by atoms with E-state index < -0.39 is 8.07 Å². The molecule has 0 radical (unpaired) electrons. The average Bonchev–Trinajstić information content (AvgIpc) is 2.36. The Morgan fingerprint density at radius 3 is 2.68 bits per heavy atom. The van der Waals surface area contributed by atoms with Gasteiger partial charge >= 0.3 is 0 Å². The van der Waals surface area contributed by atoms with Gasteiger partial charge in [-0.3, -0.25) is 0 Å². The maximum Gasteiger partial charge on any atom is 0.129 e. The van der Waals surface area contributed by atoms with Crippen molar-refractivity contribution >= 4 is 8.07 Å². The van der Waals surface area contributed by atoms with E-state index in [9.17, 15) is 0 Å². The van der Waals surface area contributed by atoms with Crippen molar-refractivity contribution in [2.75, 3.05) is 0 Å². The van der Waals surface area contributed by atoms with Crippen molar-refractivity contribution in [1.29, 1.82) is 0 Å². The highest BCUT2D eigenvalue weighted by Crippen LogP contribution is 2.18. The fourth-order valence-electron chi connectivity index (χ4n) is 1.81. The standard InChI is InChI=1S/C18H26Si/c1-17(11-7-6-10-16-19(2,3)4)14-15-18-12-8-5-9-13-18/h6-7,11-12,14-15H,5,8-9,13H2,1-4H3/b7-6+,15-14+,17-11-. The van der Waals surface area contributed by atoms with Gasteiger partial charge in [-0.2, -0.15) is 0 Å². The average molecular weight is 270 g/mol. The smallest absolute Gasteiger partial charge is 0.127 e. The molecule has 0 nitrogen and oxygen atoms in total. The molecule has 0 N–H and O–H groups in total. The second kappa shape index (κ2) is 8.02. The van der Waals surface area contributed by atoms with Crippen LogP contribution in [0.1, 0.15) is 32.6 Å². The molecule has 19 heavy (non-hydrogen) atoms. The van der Waals surface area contributed by atoms with Gasteiger partial charge in [-0.05, 0) is 38.7 Å². The number of rotatable bonds is 3. The summed E-state index contributed by atoms with van der Waals surface area (Å²) >= 11 is 0. The largest absolute Gasteiger partial charge is 0.129 e. The topological polar surface area (TPSA) is 0 Å². The summed E-state index contributed by atoms with van der Waals surface area (Å²) in [5.41, 5.74) is 6.09. The summed E-state index contributed by atoms with van der Waals surface area (Å²) in [6.07, 6.45) is 18.1. The first-order valence-electron chi connectivity index (χ1n) is 7.21. The van der Waals surface area contributed by atoms with Gasteiger partial charge in [-0.15, -0.1) is 5.54 Å². The van der Waals surface area contributed by atoms with Crippen LogP contribution < -0.4 is 0 Å². The predicted molar refractivity (Wildman–Crippen MR) is 89.7 cm³/mol. The molecule has 0 saturated carbocycles. The molecule has 0 atom stereocenters. The Labute approximate surface area is 120 Å². The summed E-state index contributed by atoms with van der Waals surface area (Å²) in [5.74, 6) is 3.14. The van der Waals surface area contributed by atoms with Gasteiger partial charge in [0.1, 0.15) is 8.07 Å². The van der Waals surface area contributed by atoms with Crippen LogP contribution in [-0.4, -0.2) is 8.07 Å². The molecule has 0 amide bonds. The van der Waals surface area contributed by atoms with Crippen molar-refractivity contribution in [2.24, 2.45) is 0 Å². The lowest BCUT2D eigenvalue weighted by Gasteiger charge is -2.07. The summed E-state index contributed by atoms with van der Waals surface area (Å²) in [7, 11) is -1.23. The van der Waals surface area contributed by atoms with E-state index in [1.54, 1.807) is 0 Å². The van der Waals surface area contributed by atoms with Crippen molar-refractivity contribution < 1.29 is 0 Å². The van der Waals surface area contributed by atoms with Crippen LogP contribution in [0.15, 0.2) is 47.6 Å². The van der Waals surface area contributed by atoms with Gasteiger partial charge in [0.25, 0.3) is 0 Å². The normalized spacial score (nSPS) is 17.5. The minimum atomic E-state index is -1.23. The van der Waals surface area contributed by atoms with E-state index in [0.29, 0.717) is 0 Å². The van der Waals surface area contributed by atoms with Gasteiger partial charge in [0, 0.05) is 0 Å².